The van der Waals surface area contributed by atoms with Gasteiger partial charge in [0.15, 0.2) is 5.96 Å². The normalized spacial score (nSPS) is 16.2. The van der Waals surface area contributed by atoms with Gasteiger partial charge in [0, 0.05) is 44.6 Å². The molecule has 5 nitrogen and oxygen atoms in total. The van der Waals surface area contributed by atoms with Crippen molar-refractivity contribution in [2.45, 2.75) is 19.4 Å². The quantitative estimate of drug-likeness (QED) is 0.246. The Balaban J connectivity index is 0.00000300. The van der Waals surface area contributed by atoms with E-state index in [1.54, 1.807) is 24.5 Å². The molecule has 1 saturated heterocycles. The van der Waals surface area contributed by atoms with Crippen LogP contribution >= 0.6 is 35.3 Å². The molecule has 160 valence electrons. The molecule has 8 heteroatoms. The standard InChI is InChI=1S/C21H30FN5S.HI/c1-17(20-9-5-16-28-20)25-21(23-2)24-10-6-11-26-12-14-27(15-13-26)19-8-4-3-7-18(19)22;/h3-5,7-9,16-17H,6,10-15H2,1-2H3,(H2,23,24,25);1H. The molecule has 1 unspecified atom stereocenters. The Morgan fingerprint density at radius 2 is 1.93 bits per heavy atom. The van der Waals surface area contributed by atoms with E-state index in [1.807, 2.05) is 12.1 Å². The Kier molecular flexibility index (Phi) is 10.2. The average molecular weight is 531 g/mol. The minimum absolute atomic E-state index is 0. The van der Waals surface area contributed by atoms with Gasteiger partial charge in [-0.2, -0.15) is 0 Å². The maximum absolute atomic E-state index is 13.9. The van der Waals surface area contributed by atoms with Crippen molar-refractivity contribution < 1.29 is 4.39 Å². The zero-order chi connectivity index (χ0) is 19.8. The molecule has 1 fully saturated rings. The van der Waals surface area contributed by atoms with Crippen LogP contribution in [0.5, 0.6) is 0 Å². The molecular weight excluding hydrogens is 500 g/mol. The van der Waals surface area contributed by atoms with E-state index >= 15 is 0 Å². The van der Waals surface area contributed by atoms with Crippen molar-refractivity contribution in [1.29, 1.82) is 0 Å². The van der Waals surface area contributed by atoms with Gasteiger partial charge < -0.3 is 15.5 Å². The summed E-state index contributed by atoms with van der Waals surface area (Å²) >= 11 is 1.75. The predicted octanol–water partition coefficient (Wildman–Crippen LogP) is 3.94. The van der Waals surface area contributed by atoms with E-state index < -0.39 is 0 Å². The molecule has 2 aromatic rings. The maximum atomic E-state index is 13.9. The van der Waals surface area contributed by atoms with Gasteiger partial charge in [0.1, 0.15) is 5.82 Å². The van der Waals surface area contributed by atoms with Crippen molar-refractivity contribution in [2.24, 2.45) is 4.99 Å². The topological polar surface area (TPSA) is 42.9 Å². The van der Waals surface area contributed by atoms with Crippen LogP contribution in [0.15, 0.2) is 46.8 Å². The summed E-state index contributed by atoms with van der Waals surface area (Å²) < 4.78 is 13.9. The number of rotatable bonds is 7. The van der Waals surface area contributed by atoms with Gasteiger partial charge in [-0.15, -0.1) is 35.3 Å². The minimum atomic E-state index is -0.129. The molecule has 0 bridgehead atoms. The minimum Gasteiger partial charge on any atom is -0.367 e. The monoisotopic (exact) mass is 531 g/mol. The largest absolute Gasteiger partial charge is 0.367 e. The summed E-state index contributed by atoms with van der Waals surface area (Å²) in [6.45, 7) is 7.74. The first-order valence-electron chi connectivity index (χ1n) is 9.90. The molecule has 3 rings (SSSR count). The Bertz CT molecular complexity index is 747. The number of piperazine rings is 1. The highest BCUT2D eigenvalue weighted by atomic mass is 127. The average Bonchev–Trinajstić information content (AvgIpc) is 3.26. The highest BCUT2D eigenvalue weighted by Crippen LogP contribution is 2.20. The number of para-hydroxylation sites is 1. The van der Waals surface area contributed by atoms with Gasteiger partial charge in [0.25, 0.3) is 0 Å². The molecule has 2 N–H and O–H groups in total. The Morgan fingerprint density at radius 3 is 2.59 bits per heavy atom. The van der Waals surface area contributed by atoms with Gasteiger partial charge >= 0.3 is 0 Å². The molecule has 1 aromatic carbocycles. The molecule has 1 aliphatic heterocycles. The first kappa shape index (κ1) is 23.9. The van der Waals surface area contributed by atoms with Crippen LogP contribution in [-0.2, 0) is 0 Å². The van der Waals surface area contributed by atoms with Crippen LogP contribution in [0.4, 0.5) is 10.1 Å². The smallest absolute Gasteiger partial charge is 0.191 e. The lowest BCUT2D eigenvalue weighted by molar-refractivity contribution is 0.254. The fraction of sp³-hybridized carbons (Fsp3) is 0.476. The number of guanidine groups is 1. The fourth-order valence-electron chi connectivity index (χ4n) is 3.44. The van der Waals surface area contributed by atoms with Crippen molar-refractivity contribution >= 4 is 47.0 Å². The van der Waals surface area contributed by atoms with Crippen LogP contribution in [0.2, 0.25) is 0 Å². The number of aliphatic imine (C=N–C) groups is 1. The van der Waals surface area contributed by atoms with E-state index in [4.69, 9.17) is 0 Å². The summed E-state index contributed by atoms with van der Waals surface area (Å²) in [4.78, 5) is 10.2. The van der Waals surface area contributed by atoms with Crippen LogP contribution < -0.4 is 15.5 Å². The van der Waals surface area contributed by atoms with E-state index in [2.05, 4.69) is 49.9 Å². The summed E-state index contributed by atoms with van der Waals surface area (Å²) in [5.41, 5.74) is 0.721. The lowest BCUT2D eigenvalue weighted by atomic mass is 10.2. The third-order valence-electron chi connectivity index (χ3n) is 5.06. The maximum Gasteiger partial charge on any atom is 0.191 e. The number of hydrogen-bond acceptors (Lipinski definition) is 4. The van der Waals surface area contributed by atoms with Gasteiger partial charge in [-0.1, -0.05) is 18.2 Å². The molecule has 29 heavy (non-hydrogen) atoms. The summed E-state index contributed by atoms with van der Waals surface area (Å²) in [6.07, 6.45) is 1.05. The lowest BCUT2D eigenvalue weighted by Crippen LogP contribution is -2.47. The molecule has 1 atom stereocenters. The van der Waals surface area contributed by atoms with Crippen LogP contribution in [-0.4, -0.2) is 57.2 Å². The van der Waals surface area contributed by atoms with Gasteiger partial charge in [-0.3, -0.25) is 9.89 Å². The Morgan fingerprint density at radius 1 is 1.17 bits per heavy atom. The van der Waals surface area contributed by atoms with Gasteiger partial charge in [-0.25, -0.2) is 4.39 Å². The summed E-state index contributed by atoms with van der Waals surface area (Å²) in [6, 6.07) is 11.5. The molecule has 1 aromatic heterocycles. The first-order chi connectivity index (χ1) is 13.7. The first-order valence-corrected chi connectivity index (χ1v) is 10.8. The number of halogens is 2. The highest BCUT2D eigenvalue weighted by molar-refractivity contribution is 14.0. The number of benzene rings is 1. The lowest BCUT2D eigenvalue weighted by Gasteiger charge is -2.36. The number of nitrogens with one attached hydrogen (secondary N) is 2. The summed E-state index contributed by atoms with van der Waals surface area (Å²) in [7, 11) is 1.80. The third-order valence-corrected chi connectivity index (χ3v) is 6.11. The second-order valence-electron chi connectivity index (χ2n) is 7.01. The Hall–Kier alpha value is -1.39. The van der Waals surface area contributed by atoms with Crippen molar-refractivity contribution in [3.63, 3.8) is 0 Å². The van der Waals surface area contributed by atoms with Crippen molar-refractivity contribution in [2.75, 3.05) is 51.2 Å². The van der Waals surface area contributed by atoms with Gasteiger partial charge in [-0.05, 0) is 43.5 Å². The summed E-state index contributed by atoms with van der Waals surface area (Å²) in [5, 5.41) is 8.92. The van der Waals surface area contributed by atoms with Crippen LogP contribution in [0.3, 0.4) is 0 Å². The molecule has 1 aliphatic rings. The van der Waals surface area contributed by atoms with E-state index in [0.717, 1.165) is 57.3 Å². The second kappa shape index (κ2) is 12.3. The van der Waals surface area contributed by atoms with Gasteiger partial charge in [0.05, 0.1) is 11.7 Å². The molecule has 2 heterocycles. The number of nitrogens with zero attached hydrogens (tertiary/aromatic N) is 3. The fourth-order valence-corrected chi connectivity index (χ4v) is 4.17. The van der Waals surface area contributed by atoms with Crippen LogP contribution in [0.1, 0.15) is 24.3 Å². The molecule has 0 amide bonds. The summed E-state index contributed by atoms with van der Waals surface area (Å²) in [5.74, 6) is 0.709. The SMILES string of the molecule is CN=C(NCCCN1CCN(c2ccccc2F)CC1)NC(C)c1cccs1.I. The zero-order valence-corrected chi connectivity index (χ0v) is 20.3. The number of thiophene rings is 1. The highest BCUT2D eigenvalue weighted by Gasteiger charge is 2.18. The molecule has 0 radical (unpaired) electrons. The van der Waals surface area contributed by atoms with Crippen molar-refractivity contribution in [3.8, 4) is 0 Å². The van der Waals surface area contributed by atoms with E-state index in [9.17, 15) is 4.39 Å². The van der Waals surface area contributed by atoms with Crippen molar-refractivity contribution in [1.82, 2.24) is 15.5 Å². The van der Waals surface area contributed by atoms with Crippen molar-refractivity contribution in [3.05, 3.63) is 52.5 Å². The zero-order valence-electron chi connectivity index (χ0n) is 17.1. The van der Waals surface area contributed by atoms with Crippen LogP contribution in [0, 0.1) is 5.82 Å². The Labute approximate surface area is 194 Å². The van der Waals surface area contributed by atoms with E-state index in [-0.39, 0.29) is 35.8 Å². The molecule has 0 saturated carbocycles. The van der Waals surface area contributed by atoms with E-state index in [1.165, 1.54) is 10.9 Å². The van der Waals surface area contributed by atoms with Crippen LogP contribution in [0.25, 0.3) is 0 Å². The van der Waals surface area contributed by atoms with Gasteiger partial charge in [0.2, 0.25) is 0 Å². The van der Waals surface area contributed by atoms with E-state index in [0.29, 0.717) is 0 Å². The third kappa shape index (κ3) is 7.11. The predicted molar refractivity (Wildman–Crippen MR) is 132 cm³/mol. The second-order valence-corrected chi connectivity index (χ2v) is 7.99. The molecular formula is C21H31FIN5S. The molecule has 0 spiro atoms. The number of anilines is 1. The number of hydrogen-bond donors (Lipinski definition) is 2. The molecule has 0 aliphatic carbocycles.